The second-order valence-electron chi connectivity index (χ2n) is 7.29. The van der Waals surface area contributed by atoms with Crippen LogP contribution in [0, 0.1) is 13.8 Å². The van der Waals surface area contributed by atoms with Crippen molar-refractivity contribution in [3.05, 3.63) is 34.4 Å². The largest absolute Gasteiger partial charge is 0.363 e. The molecule has 0 N–H and O–H groups in total. The Hall–Kier alpha value is -2.08. The molecule has 30 heavy (non-hydrogen) atoms. The van der Waals surface area contributed by atoms with Crippen LogP contribution in [0.1, 0.15) is 10.8 Å². The lowest BCUT2D eigenvalue weighted by Crippen LogP contribution is -2.48. The number of piperazine rings is 1. The molecule has 11 heteroatoms. The highest BCUT2D eigenvalue weighted by atomic mass is 32.2. The van der Waals surface area contributed by atoms with Crippen LogP contribution in [-0.2, 0) is 10.0 Å². The van der Waals surface area contributed by atoms with Gasteiger partial charge >= 0.3 is 0 Å². The van der Waals surface area contributed by atoms with Crippen LogP contribution >= 0.6 is 22.7 Å². The first-order valence-electron chi connectivity index (χ1n) is 9.54. The monoisotopic (exact) mass is 464 g/mol. The molecule has 3 aromatic heterocycles. The number of nitrogens with zero attached hydrogens (tertiary/aromatic N) is 6. The van der Waals surface area contributed by atoms with Gasteiger partial charge in [0, 0.05) is 51.7 Å². The summed E-state index contributed by atoms with van der Waals surface area (Å²) in [4.78, 5) is 18.4. The van der Waals surface area contributed by atoms with Crippen LogP contribution in [0.5, 0.6) is 0 Å². The van der Waals surface area contributed by atoms with Crippen LogP contribution < -0.4 is 9.80 Å². The quantitative estimate of drug-likeness (QED) is 0.574. The zero-order chi connectivity index (χ0) is 21.5. The maximum atomic E-state index is 13.1. The average molecular weight is 465 g/mol. The molecular formula is C19H24N6O2S3. The number of thiophene rings is 1. The lowest BCUT2D eigenvalue weighted by Gasteiger charge is -2.34. The third-order valence-corrected chi connectivity index (χ3v) is 9.13. The Bertz CT molecular complexity index is 1150. The summed E-state index contributed by atoms with van der Waals surface area (Å²) < 4.78 is 28.2. The van der Waals surface area contributed by atoms with Gasteiger partial charge in [-0.1, -0.05) is 0 Å². The van der Waals surface area contributed by atoms with Crippen LogP contribution in [-0.4, -0.2) is 67.9 Å². The smallest absolute Gasteiger partial charge is 0.252 e. The van der Waals surface area contributed by atoms with Crippen molar-refractivity contribution in [3.63, 3.8) is 0 Å². The second kappa shape index (κ2) is 8.22. The molecular weight excluding hydrogens is 440 g/mol. The van der Waals surface area contributed by atoms with Crippen LogP contribution in [0.2, 0.25) is 0 Å². The van der Waals surface area contributed by atoms with E-state index < -0.39 is 10.0 Å². The van der Waals surface area contributed by atoms with Crippen LogP contribution in [0.4, 0.5) is 11.6 Å². The van der Waals surface area contributed by atoms with Crippen molar-refractivity contribution >= 4 is 44.3 Å². The molecule has 8 nitrogen and oxygen atoms in total. The molecule has 0 spiro atoms. The summed E-state index contributed by atoms with van der Waals surface area (Å²) in [5.74, 6) is 2.38. The summed E-state index contributed by atoms with van der Waals surface area (Å²) in [7, 11) is 0.368. The van der Waals surface area contributed by atoms with Gasteiger partial charge in [0.15, 0.2) is 0 Å². The van der Waals surface area contributed by atoms with Crippen molar-refractivity contribution in [1.82, 2.24) is 19.3 Å². The second-order valence-corrected chi connectivity index (χ2v) is 11.6. The van der Waals surface area contributed by atoms with E-state index in [1.54, 1.807) is 21.7 Å². The first kappa shape index (κ1) is 21.2. The van der Waals surface area contributed by atoms with Crippen molar-refractivity contribution in [3.8, 4) is 10.6 Å². The predicted octanol–water partition coefficient (Wildman–Crippen LogP) is 2.86. The molecule has 0 atom stereocenters. The molecule has 0 unspecified atom stereocenters. The number of hydrogen-bond acceptors (Lipinski definition) is 9. The first-order valence-corrected chi connectivity index (χ1v) is 12.7. The number of anilines is 2. The van der Waals surface area contributed by atoms with Crippen molar-refractivity contribution in [2.45, 2.75) is 18.1 Å². The highest BCUT2D eigenvalue weighted by Crippen LogP contribution is 2.33. The molecule has 0 bridgehead atoms. The molecule has 1 aliphatic heterocycles. The third-order valence-electron chi connectivity index (χ3n) is 4.88. The summed E-state index contributed by atoms with van der Waals surface area (Å²) >= 11 is 2.84. The molecule has 0 aliphatic carbocycles. The number of aromatic nitrogens is 3. The zero-order valence-electron chi connectivity index (χ0n) is 17.4. The van der Waals surface area contributed by atoms with Crippen LogP contribution in [0.15, 0.2) is 27.8 Å². The molecule has 4 heterocycles. The minimum atomic E-state index is -3.52. The standard InChI is InChI=1S/C19H24N6O2S3/c1-13-20-17(23(3)4)11-18(21-13)24-7-9-25(10-8-24)30(26,27)19-6-5-16(29-19)15-12-28-14(2)22-15/h5-6,11-12H,7-10H2,1-4H3. The first-order chi connectivity index (χ1) is 14.2. The van der Waals surface area contributed by atoms with E-state index in [-0.39, 0.29) is 0 Å². The molecule has 0 amide bonds. The Morgan fingerprint density at radius 3 is 2.40 bits per heavy atom. The molecule has 4 rings (SSSR count). The molecule has 3 aromatic rings. The van der Waals surface area contributed by atoms with Crippen molar-refractivity contribution in [2.75, 3.05) is 50.1 Å². The predicted molar refractivity (Wildman–Crippen MR) is 122 cm³/mol. The van der Waals surface area contributed by atoms with E-state index in [1.165, 1.54) is 11.3 Å². The van der Waals surface area contributed by atoms with E-state index in [2.05, 4.69) is 19.9 Å². The fraction of sp³-hybridized carbons (Fsp3) is 0.421. The lowest BCUT2D eigenvalue weighted by atomic mass is 10.3. The summed E-state index contributed by atoms with van der Waals surface area (Å²) in [6, 6.07) is 5.47. The summed E-state index contributed by atoms with van der Waals surface area (Å²) in [5, 5.41) is 2.93. The maximum absolute atomic E-state index is 13.1. The van der Waals surface area contributed by atoms with Crippen LogP contribution in [0.25, 0.3) is 10.6 Å². The summed E-state index contributed by atoms with van der Waals surface area (Å²) in [5.41, 5.74) is 0.838. The fourth-order valence-electron chi connectivity index (χ4n) is 3.29. The minimum Gasteiger partial charge on any atom is -0.363 e. The average Bonchev–Trinajstić information content (AvgIpc) is 3.37. The minimum absolute atomic E-state index is 0.365. The number of thiazole rings is 1. The highest BCUT2D eigenvalue weighted by Gasteiger charge is 2.30. The Balaban J connectivity index is 1.48. The van der Waals surface area contributed by atoms with E-state index >= 15 is 0 Å². The van der Waals surface area contributed by atoms with Gasteiger partial charge in [0.25, 0.3) is 10.0 Å². The number of hydrogen-bond donors (Lipinski definition) is 0. The van der Waals surface area contributed by atoms with Gasteiger partial charge in [-0.15, -0.1) is 22.7 Å². The summed E-state index contributed by atoms with van der Waals surface area (Å²) in [6.07, 6.45) is 0. The van der Waals surface area contributed by atoms with Gasteiger partial charge in [-0.2, -0.15) is 4.31 Å². The molecule has 160 valence electrons. The Morgan fingerprint density at radius 2 is 1.77 bits per heavy atom. The third kappa shape index (κ3) is 4.20. The normalized spacial score (nSPS) is 15.5. The number of sulfonamides is 1. The fourth-order valence-corrected chi connectivity index (χ4v) is 6.82. The van der Waals surface area contributed by atoms with E-state index in [0.717, 1.165) is 27.2 Å². The lowest BCUT2D eigenvalue weighted by molar-refractivity contribution is 0.384. The Morgan fingerprint density at radius 1 is 1.03 bits per heavy atom. The maximum Gasteiger partial charge on any atom is 0.252 e. The van der Waals surface area contributed by atoms with Gasteiger partial charge in [-0.3, -0.25) is 0 Å². The zero-order valence-corrected chi connectivity index (χ0v) is 19.8. The molecule has 1 fully saturated rings. The van der Waals surface area contributed by atoms with Crippen molar-refractivity contribution in [2.24, 2.45) is 0 Å². The molecule has 1 saturated heterocycles. The van der Waals surface area contributed by atoms with E-state index in [0.29, 0.717) is 36.2 Å². The molecule has 1 aliphatic rings. The van der Waals surface area contributed by atoms with Gasteiger partial charge in [-0.05, 0) is 26.0 Å². The Kier molecular flexibility index (Phi) is 5.80. The molecule has 0 aromatic carbocycles. The topological polar surface area (TPSA) is 82.5 Å². The molecule has 0 radical (unpaired) electrons. The van der Waals surface area contributed by atoms with E-state index in [9.17, 15) is 8.42 Å². The summed E-state index contributed by atoms with van der Waals surface area (Å²) in [6.45, 7) is 5.84. The highest BCUT2D eigenvalue weighted by molar-refractivity contribution is 7.91. The van der Waals surface area contributed by atoms with Crippen molar-refractivity contribution < 1.29 is 8.42 Å². The van der Waals surface area contributed by atoms with Gasteiger partial charge in [0.2, 0.25) is 0 Å². The van der Waals surface area contributed by atoms with Gasteiger partial charge in [0.1, 0.15) is 21.7 Å². The SMILES string of the molecule is Cc1nc(N(C)C)cc(N2CCN(S(=O)(=O)c3ccc(-c4csc(C)n4)s3)CC2)n1. The van der Waals surface area contributed by atoms with Crippen molar-refractivity contribution in [1.29, 1.82) is 0 Å². The molecule has 0 saturated carbocycles. The van der Waals surface area contributed by atoms with Gasteiger partial charge in [-0.25, -0.2) is 23.4 Å². The Labute approximate surface area is 184 Å². The van der Waals surface area contributed by atoms with E-state index in [1.807, 2.05) is 50.4 Å². The number of rotatable bonds is 5. The number of aryl methyl sites for hydroxylation is 2. The van der Waals surface area contributed by atoms with Gasteiger partial charge < -0.3 is 9.80 Å². The van der Waals surface area contributed by atoms with E-state index in [4.69, 9.17) is 0 Å². The van der Waals surface area contributed by atoms with Gasteiger partial charge in [0.05, 0.1) is 15.6 Å². The van der Waals surface area contributed by atoms with Crippen LogP contribution in [0.3, 0.4) is 0 Å².